The van der Waals surface area contributed by atoms with Gasteiger partial charge in [-0.15, -0.1) is 0 Å². The van der Waals surface area contributed by atoms with Gasteiger partial charge in [0.2, 0.25) is 0 Å². The van der Waals surface area contributed by atoms with Crippen LogP contribution in [0.15, 0.2) is 41.1 Å². The average molecular weight is 268 g/mol. The average Bonchev–Trinajstić information content (AvgIpc) is 2.65. The number of benzene rings is 1. The van der Waals surface area contributed by atoms with Crippen molar-refractivity contribution in [1.82, 2.24) is 9.78 Å². The maximum absolute atomic E-state index is 10.6. The summed E-state index contributed by atoms with van der Waals surface area (Å²) in [5.74, 6) is 0. The molecule has 0 saturated carbocycles. The first-order valence-corrected chi connectivity index (χ1v) is 4.91. The molecule has 0 unspecified atom stereocenters. The van der Waals surface area contributed by atoms with Gasteiger partial charge in [0.1, 0.15) is 0 Å². The molecule has 0 aliphatic heterocycles. The second kappa shape index (κ2) is 3.82. The van der Waals surface area contributed by atoms with E-state index in [2.05, 4.69) is 21.0 Å². The second-order valence-corrected chi connectivity index (χ2v) is 3.80. The van der Waals surface area contributed by atoms with Gasteiger partial charge >= 0.3 is 0 Å². The van der Waals surface area contributed by atoms with E-state index in [1.165, 1.54) is 12.1 Å². The third kappa shape index (κ3) is 2.04. The Balaban J connectivity index is 2.45. The maximum Gasteiger partial charge on any atom is 0.271 e. The molecule has 0 N–H and O–H groups in total. The zero-order valence-electron chi connectivity index (χ0n) is 7.50. The van der Waals surface area contributed by atoms with Crippen LogP contribution in [-0.4, -0.2) is 14.7 Å². The maximum atomic E-state index is 10.6. The molecule has 1 heterocycles. The topological polar surface area (TPSA) is 61.0 Å². The number of nitro groups is 1. The molecule has 0 radical (unpaired) electrons. The minimum Gasteiger partial charge on any atom is -0.258 e. The van der Waals surface area contributed by atoms with E-state index in [0.29, 0.717) is 5.69 Å². The fourth-order valence-electron chi connectivity index (χ4n) is 1.19. The van der Waals surface area contributed by atoms with Gasteiger partial charge in [0.25, 0.3) is 5.69 Å². The van der Waals surface area contributed by atoms with E-state index in [1.54, 1.807) is 29.2 Å². The van der Waals surface area contributed by atoms with Crippen molar-refractivity contribution in [2.45, 2.75) is 0 Å². The third-order valence-electron chi connectivity index (χ3n) is 1.86. The Kier molecular flexibility index (Phi) is 2.51. The van der Waals surface area contributed by atoms with Crippen molar-refractivity contribution >= 4 is 21.6 Å². The van der Waals surface area contributed by atoms with E-state index >= 15 is 0 Å². The summed E-state index contributed by atoms with van der Waals surface area (Å²) in [4.78, 5) is 10.1. The molecule has 15 heavy (non-hydrogen) atoms. The number of aromatic nitrogens is 2. The Morgan fingerprint density at radius 3 is 2.87 bits per heavy atom. The van der Waals surface area contributed by atoms with Crippen molar-refractivity contribution in [1.29, 1.82) is 0 Å². The van der Waals surface area contributed by atoms with E-state index in [-0.39, 0.29) is 5.69 Å². The predicted molar refractivity (Wildman–Crippen MR) is 57.9 cm³/mol. The Morgan fingerprint density at radius 2 is 2.27 bits per heavy atom. The number of hydrogen-bond acceptors (Lipinski definition) is 3. The minimum absolute atomic E-state index is 0.0547. The first-order chi connectivity index (χ1) is 7.16. The van der Waals surface area contributed by atoms with Crippen molar-refractivity contribution in [3.63, 3.8) is 0 Å². The Morgan fingerprint density at radius 1 is 1.47 bits per heavy atom. The number of nitrogens with zero attached hydrogens (tertiary/aromatic N) is 3. The lowest BCUT2D eigenvalue weighted by atomic mass is 10.3. The Hall–Kier alpha value is -1.69. The van der Waals surface area contributed by atoms with Gasteiger partial charge in [-0.3, -0.25) is 10.1 Å². The summed E-state index contributed by atoms with van der Waals surface area (Å²) in [7, 11) is 0. The van der Waals surface area contributed by atoms with Crippen molar-refractivity contribution in [3.8, 4) is 5.69 Å². The van der Waals surface area contributed by atoms with Gasteiger partial charge in [0.15, 0.2) is 0 Å². The smallest absolute Gasteiger partial charge is 0.258 e. The van der Waals surface area contributed by atoms with Crippen LogP contribution in [0.3, 0.4) is 0 Å². The van der Waals surface area contributed by atoms with E-state index in [4.69, 9.17) is 0 Å². The molecule has 6 heteroatoms. The molecule has 1 aromatic heterocycles. The van der Waals surface area contributed by atoms with Crippen LogP contribution in [-0.2, 0) is 0 Å². The number of halogens is 1. The van der Waals surface area contributed by atoms with Crippen LogP contribution in [0.1, 0.15) is 0 Å². The second-order valence-electron chi connectivity index (χ2n) is 2.88. The zero-order chi connectivity index (χ0) is 10.8. The van der Waals surface area contributed by atoms with Crippen LogP contribution in [0.5, 0.6) is 0 Å². The van der Waals surface area contributed by atoms with Crippen molar-refractivity contribution in [3.05, 3.63) is 51.2 Å². The summed E-state index contributed by atoms with van der Waals surface area (Å²) in [5.41, 5.74) is 0.717. The van der Waals surface area contributed by atoms with E-state index in [1.807, 2.05) is 0 Å². The lowest BCUT2D eigenvalue weighted by molar-refractivity contribution is -0.384. The molecule has 2 aromatic rings. The summed E-state index contributed by atoms with van der Waals surface area (Å²) in [6, 6.07) is 6.30. The van der Waals surface area contributed by atoms with Crippen LogP contribution in [0.25, 0.3) is 5.69 Å². The van der Waals surface area contributed by atoms with Crippen LogP contribution in [0, 0.1) is 10.1 Å². The molecule has 0 bridgehead atoms. The van der Waals surface area contributed by atoms with Crippen LogP contribution in [0.2, 0.25) is 0 Å². The first-order valence-electron chi connectivity index (χ1n) is 4.12. The van der Waals surface area contributed by atoms with Gasteiger partial charge in [-0.1, -0.05) is 6.07 Å². The summed E-state index contributed by atoms with van der Waals surface area (Å²) < 4.78 is 2.39. The van der Waals surface area contributed by atoms with Crippen LogP contribution in [0.4, 0.5) is 5.69 Å². The molecule has 76 valence electrons. The van der Waals surface area contributed by atoms with Gasteiger partial charge in [-0.25, -0.2) is 4.68 Å². The highest BCUT2D eigenvalue weighted by Crippen LogP contribution is 2.17. The van der Waals surface area contributed by atoms with E-state index < -0.39 is 4.92 Å². The Labute approximate surface area is 93.6 Å². The van der Waals surface area contributed by atoms with Gasteiger partial charge < -0.3 is 0 Å². The number of non-ortho nitro benzene ring substituents is 1. The largest absolute Gasteiger partial charge is 0.271 e. The number of nitro benzene ring substituents is 1. The lowest BCUT2D eigenvalue weighted by Crippen LogP contribution is -1.95. The normalized spacial score (nSPS) is 10.2. The standard InChI is InChI=1S/C9H6BrN3O2/c10-7-5-11-12(6-7)8-2-1-3-9(4-8)13(14)15/h1-6H. The fraction of sp³-hybridized carbons (Fsp3) is 0. The molecule has 0 aliphatic carbocycles. The SMILES string of the molecule is O=[N+]([O-])c1cccc(-n2cc(Br)cn2)c1. The summed E-state index contributed by atoms with van der Waals surface area (Å²) in [6.07, 6.45) is 3.36. The highest BCUT2D eigenvalue weighted by Gasteiger charge is 2.07. The third-order valence-corrected chi connectivity index (χ3v) is 2.27. The molecule has 0 amide bonds. The van der Waals surface area contributed by atoms with Crippen LogP contribution >= 0.6 is 15.9 Å². The molecule has 2 rings (SSSR count). The van der Waals surface area contributed by atoms with Crippen molar-refractivity contribution in [2.75, 3.05) is 0 Å². The summed E-state index contributed by atoms with van der Waals surface area (Å²) in [6.45, 7) is 0. The summed E-state index contributed by atoms with van der Waals surface area (Å²) >= 11 is 3.26. The molecule has 0 aliphatic rings. The molecular formula is C9H6BrN3O2. The number of rotatable bonds is 2. The Bertz CT molecular complexity index is 510. The molecule has 0 atom stereocenters. The molecular weight excluding hydrogens is 262 g/mol. The quantitative estimate of drug-likeness (QED) is 0.621. The highest BCUT2D eigenvalue weighted by atomic mass is 79.9. The summed E-state index contributed by atoms with van der Waals surface area (Å²) in [5, 5.41) is 14.6. The van der Waals surface area contributed by atoms with E-state index in [9.17, 15) is 10.1 Å². The predicted octanol–water partition coefficient (Wildman–Crippen LogP) is 2.54. The monoisotopic (exact) mass is 267 g/mol. The van der Waals surface area contributed by atoms with Gasteiger partial charge in [-0.05, 0) is 22.0 Å². The van der Waals surface area contributed by atoms with Crippen molar-refractivity contribution < 1.29 is 4.92 Å². The zero-order valence-corrected chi connectivity index (χ0v) is 9.09. The fourth-order valence-corrected chi connectivity index (χ4v) is 1.48. The van der Waals surface area contributed by atoms with Gasteiger partial charge in [0, 0.05) is 18.3 Å². The molecule has 5 nitrogen and oxygen atoms in total. The van der Waals surface area contributed by atoms with Crippen LogP contribution < -0.4 is 0 Å². The van der Waals surface area contributed by atoms with Crippen molar-refractivity contribution in [2.24, 2.45) is 0 Å². The molecule has 0 fully saturated rings. The highest BCUT2D eigenvalue weighted by molar-refractivity contribution is 9.10. The van der Waals surface area contributed by atoms with Gasteiger partial charge in [0.05, 0.1) is 21.3 Å². The lowest BCUT2D eigenvalue weighted by Gasteiger charge is -1.99. The number of hydrogen-bond donors (Lipinski definition) is 0. The minimum atomic E-state index is -0.429. The molecule has 1 aromatic carbocycles. The molecule has 0 saturated heterocycles. The van der Waals surface area contributed by atoms with E-state index in [0.717, 1.165) is 4.47 Å². The van der Waals surface area contributed by atoms with Gasteiger partial charge in [-0.2, -0.15) is 5.10 Å². The molecule has 0 spiro atoms. The first kappa shape index (κ1) is 9.85.